The molecule has 2 nitrogen and oxygen atoms in total. The van der Waals surface area contributed by atoms with Crippen molar-refractivity contribution in [2.24, 2.45) is 0 Å². The highest BCUT2D eigenvalue weighted by Gasteiger charge is 2.11. The van der Waals surface area contributed by atoms with Crippen molar-refractivity contribution < 1.29 is 4.74 Å². The fourth-order valence-corrected chi connectivity index (χ4v) is 2.51. The highest BCUT2D eigenvalue weighted by Crippen LogP contribution is 2.29. The lowest BCUT2D eigenvalue weighted by atomic mass is 10.0. The fraction of sp³-hybridized carbons (Fsp3) is 0.600. The molecule has 0 fully saturated rings. The van der Waals surface area contributed by atoms with Crippen LogP contribution in [0.15, 0.2) is 22.7 Å². The zero-order valence-electron chi connectivity index (χ0n) is 11.6. The second-order valence-corrected chi connectivity index (χ2v) is 5.27. The van der Waals surface area contributed by atoms with Gasteiger partial charge >= 0.3 is 0 Å². The lowest BCUT2D eigenvalue weighted by Gasteiger charge is -2.19. The second kappa shape index (κ2) is 8.54. The Balaban J connectivity index is 2.81. The van der Waals surface area contributed by atoms with Crippen LogP contribution in [-0.2, 0) is 0 Å². The number of ether oxygens (including phenoxy) is 1. The maximum Gasteiger partial charge on any atom is 0.133 e. The Morgan fingerprint density at radius 1 is 1.22 bits per heavy atom. The summed E-state index contributed by atoms with van der Waals surface area (Å²) in [6.45, 7) is 8.19. The molecule has 102 valence electrons. The predicted octanol–water partition coefficient (Wildman–Crippen LogP) is 4.69. The number of rotatable bonds is 8. The fourth-order valence-electron chi connectivity index (χ4n) is 2.00. The minimum absolute atomic E-state index is 0.446. The second-order valence-electron chi connectivity index (χ2n) is 4.42. The lowest BCUT2D eigenvalue weighted by Crippen LogP contribution is -2.22. The predicted molar refractivity (Wildman–Crippen MR) is 81.3 cm³/mol. The van der Waals surface area contributed by atoms with Crippen molar-refractivity contribution in [1.29, 1.82) is 0 Å². The van der Waals surface area contributed by atoms with Crippen LogP contribution in [0.3, 0.4) is 0 Å². The summed E-state index contributed by atoms with van der Waals surface area (Å²) in [5, 5.41) is 3.60. The molecule has 0 aliphatic carbocycles. The van der Waals surface area contributed by atoms with Crippen LogP contribution in [0, 0.1) is 0 Å². The monoisotopic (exact) mass is 313 g/mol. The first-order chi connectivity index (χ1) is 8.72. The Morgan fingerprint density at radius 3 is 2.56 bits per heavy atom. The van der Waals surface area contributed by atoms with Crippen LogP contribution in [0.2, 0.25) is 0 Å². The molecule has 0 saturated heterocycles. The summed E-state index contributed by atoms with van der Waals surface area (Å²) in [6, 6.07) is 6.84. The van der Waals surface area contributed by atoms with Crippen LogP contribution in [0.25, 0.3) is 0 Å². The van der Waals surface area contributed by atoms with Gasteiger partial charge in [-0.2, -0.15) is 0 Å². The van der Waals surface area contributed by atoms with E-state index < -0.39 is 0 Å². The molecule has 1 rings (SSSR count). The van der Waals surface area contributed by atoms with Gasteiger partial charge in [0.25, 0.3) is 0 Å². The van der Waals surface area contributed by atoms with Gasteiger partial charge in [0.15, 0.2) is 0 Å². The van der Waals surface area contributed by atoms with Crippen molar-refractivity contribution in [1.82, 2.24) is 5.32 Å². The highest BCUT2D eigenvalue weighted by atomic mass is 79.9. The van der Waals surface area contributed by atoms with Crippen molar-refractivity contribution in [3.8, 4) is 5.75 Å². The molecule has 0 aromatic heterocycles. The summed E-state index contributed by atoms with van der Waals surface area (Å²) in [6.07, 6.45) is 3.52. The van der Waals surface area contributed by atoms with Gasteiger partial charge in [0.1, 0.15) is 5.75 Å². The van der Waals surface area contributed by atoms with Crippen LogP contribution in [0.5, 0.6) is 5.75 Å². The van der Waals surface area contributed by atoms with E-state index in [-0.39, 0.29) is 0 Å². The van der Waals surface area contributed by atoms with Gasteiger partial charge in [-0.05, 0) is 59.9 Å². The molecule has 0 spiro atoms. The molecule has 0 heterocycles. The molecule has 0 radical (unpaired) electrons. The summed E-state index contributed by atoms with van der Waals surface area (Å²) in [5.41, 5.74) is 1.33. The number of benzene rings is 1. The summed E-state index contributed by atoms with van der Waals surface area (Å²) in [7, 11) is 0. The zero-order chi connectivity index (χ0) is 13.4. The van der Waals surface area contributed by atoms with Crippen molar-refractivity contribution in [3.05, 3.63) is 28.2 Å². The third-order valence-electron chi connectivity index (χ3n) is 2.88. The molecule has 1 aromatic rings. The standard InChI is InChI=1S/C15H24BrNO/c1-4-7-14(17-10-5-2)12-8-9-15(18-6-3)13(16)11-12/h8-9,11,14,17H,4-7,10H2,1-3H3. The molecule has 1 atom stereocenters. The van der Waals surface area contributed by atoms with Gasteiger partial charge in [-0.25, -0.2) is 0 Å². The molecule has 0 aliphatic rings. The number of hydrogen-bond donors (Lipinski definition) is 1. The Bertz CT molecular complexity index is 354. The largest absolute Gasteiger partial charge is 0.493 e. The normalized spacial score (nSPS) is 12.4. The van der Waals surface area contributed by atoms with Gasteiger partial charge in [-0.15, -0.1) is 0 Å². The molecule has 18 heavy (non-hydrogen) atoms. The topological polar surface area (TPSA) is 21.3 Å². The van der Waals surface area contributed by atoms with E-state index >= 15 is 0 Å². The summed E-state index contributed by atoms with van der Waals surface area (Å²) in [4.78, 5) is 0. The van der Waals surface area contributed by atoms with E-state index in [2.05, 4.69) is 53.3 Å². The first-order valence-corrected chi connectivity index (χ1v) is 7.67. The molecule has 1 unspecified atom stereocenters. The quantitative estimate of drug-likeness (QED) is 0.751. The first kappa shape index (κ1) is 15.5. The SMILES string of the molecule is CCCNC(CCC)c1ccc(OCC)c(Br)c1. The molecule has 3 heteroatoms. The highest BCUT2D eigenvalue weighted by molar-refractivity contribution is 9.10. The Morgan fingerprint density at radius 2 is 2.00 bits per heavy atom. The molecule has 0 saturated carbocycles. The molecule has 1 N–H and O–H groups in total. The summed E-state index contributed by atoms with van der Waals surface area (Å²) >= 11 is 3.58. The van der Waals surface area contributed by atoms with Gasteiger partial charge in [0.2, 0.25) is 0 Å². The average molecular weight is 314 g/mol. The summed E-state index contributed by atoms with van der Waals surface area (Å²) < 4.78 is 6.59. The number of hydrogen-bond acceptors (Lipinski definition) is 2. The zero-order valence-corrected chi connectivity index (χ0v) is 13.2. The molecular weight excluding hydrogens is 290 g/mol. The lowest BCUT2D eigenvalue weighted by molar-refractivity contribution is 0.338. The van der Waals surface area contributed by atoms with E-state index in [0.29, 0.717) is 12.6 Å². The van der Waals surface area contributed by atoms with Gasteiger partial charge in [0.05, 0.1) is 11.1 Å². The van der Waals surface area contributed by atoms with Crippen LogP contribution < -0.4 is 10.1 Å². The van der Waals surface area contributed by atoms with E-state index in [4.69, 9.17) is 4.74 Å². The summed E-state index contributed by atoms with van der Waals surface area (Å²) in [5.74, 6) is 0.923. The van der Waals surface area contributed by atoms with Crippen LogP contribution >= 0.6 is 15.9 Å². The van der Waals surface area contributed by atoms with Crippen molar-refractivity contribution in [2.45, 2.75) is 46.1 Å². The van der Waals surface area contributed by atoms with Crippen LogP contribution in [0.1, 0.15) is 51.6 Å². The Kier molecular flexibility index (Phi) is 7.36. The van der Waals surface area contributed by atoms with Gasteiger partial charge in [0, 0.05) is 6.04 Å². The van der Waals surface area contributed by atoms with Crippen molar-refractivity contribution in [3.63, 3.8) is 0 Å². The molecular formula is C15H24BrNO. The smallest absolute Gasteiger partial charge is 0.133 e. The minimum Gasteiger partial charge on any atom is -0.493 e. The molecule has 0 amide bonds. The number of nitrogens with one attached hydrogen (secondary N) is 1. The first-order valence-electron chi connectivity index (χ1n) is 6.88. The van der Waals surface area contributed by atoms with E-state index in [0.717, 1.165) is 16.8 Å². The molecule has 0 aliphatic heterocycles. The van der Waals surface area contributed by atoms with E-state index in [1.165, 1.54) is 24.8 Å². The van der Waals surface area contributed by atoms with E-state index in [1.54, 1.807) is 0 Å². The van der Waals surface area contributed by atoms with Gasteiger partial charge in [-0.3, -0.25) is 0 Å². The van der Waals surface area contributed by atoms with Crippen LogP contribution in [-0.4, -0.2) is 13.2 Å². The van der Waals surface area contributed by atoms with Gasteiger partial charge in [-0.1, -0.05) is 26.3 Å². The number of halogens is 1. The third-order valence-corrected chi connectivity index (χ3v) is 3.50. The average Bonchev–Trinajstić information content (AvgIpc) is 2.37. The van der Waals surface area contributed by atoms with Crippen LogP contribution in [0.4, 0.5) is 0 Å². The molecule has 1 aromatic carbocycles. The Labute approximate surface area is 119 Å². The minimum atomic E-state index is 0.446. The Hall–Kier alpha value is -0.540. The van der Waals surface area contributed by atoms with Crippen molar-refractivity contribution >= 4 is 15.9 Å². The van der Waals surface area contributed by atoms with Crippen molar-refractivity contribution in [2.75, 3.05) is 13.2 Å². The van der Waals surface area contributed by atoms with E-state index in [1.807, 2.05) is 6.92 Å². The van der Waals surface area contributed by atoms with Gasteiger partial charge < -0.3 is 10.1 Å². The molecule has 0 bridgehead atoms. The maximum atomic E-state index is 5.55. The maximum absolute atomic E-state index is 5.55. The third kappa shape index (κ3) is 4.62. The van der Waals surface area contributed by atoms with E-state index in [9.17, 15) is 0 Å².